The molecular weight excluding hydrogens is 1490 g/mol. The summed E-state index contributed by atoms with van der Waals surface area (Å²) in [7, 11) is 0. The van der Waals surface area contributed by atoms with Crippen LogP contribution < -0.4 is 0 Å². The number of rotatable bonds is 0. The monoisotopic (exact) mass is 1560 g/mol. The molecule has 0 atom stereocenters. The van der Waals surface area contributed by atoms with E-state index in [4.69, 9.17) is 0 Å². The summed E-state index contributed by atoms with van der Waals surface area (Å²) in [5, 5.41) is 4.45. The van der Waals surface area contributed by atoms with Gasteiger partial charge < -0.3 is 78.4 Å². The van der Waals surface area contributed by atoms with Crippen molar-refractivity contribution in [2.45, 2.75) is 83.1 Å². The summed E-state index contributed by atoms with van der Waals surface area (Å²) in [6.45, 7) is 24.0. The van der Waals surface area contributed by atoms with E-state index in [-0.39, 0.29) is 196 Å². The fraction of sp³-hybridized carbons (Fsp3) is 0.176. The molecule has 6 radical (unpaired) electrons. The topological polar surface area (TPSA) is 129 Å². The first-order valence-corrected chi connectivity index (χ1v) is 25.5. The molecule has 0 N–H and O–H groups in total. The van der Waals surface area contributed by atoms with Crippen LogP contribution in [0.5, 0.6) is 0 Å². The number of hydrogen-bond acceptors (Lipinski definition) is 10. The van der Waals surface area contributed by atoms with Crippen LogP contribution in [0.4, 0.5) is 0 Å². The Morgan fingerprint density at radius 3 is 1.05 bits per heavy atom. The maximum atomic E-state index is 4.10. The third-order valence-corrected chi connectivity index (χ3v) is 8.26. The van der Waals surface area contributed by atoms with E-state index in [1.54, 1.807) is 36.9 Å². The molecule has 0 aliphatic rings. The zero-order chi connectivity index (χ0) is 57.1. The Morgan fingerprint density at radius 1 is 0.274 bits per heavy atom. The van der Waals surface area contributed by atoms with Gasteiger partial charge in [-0.1, -0.05) is 156 Å². The van der Waals surface area contributed by atoms with E-state index in [1.807, 2.05) is 279 Å². The van der Waals surface area contributed by atoms with Crippen LogP contribution in [0.3, 0.4) is 0 Å². The van der Waals surface area contributed by atoms with Crippen LogP contribution in [-0.4, -0.2) is 49.8 Å². The van der Waals surface area contributed by atoms with Gasteiger partial charge in [-0.05, 0) is 39.8 Å². The van der Waals surface area contributed by atoms with Gasteiger partial charge in [0.05, 0.1) is 0 Å². The first kappa shape index (κ1) is 93.3. The number of para-hydroxylation sites is 5. The maximum absolute atomic E-state index is 4.10. The van der Waals surface area contributed by atoms with Crippen molar-refractivity contribution in [1.29, 1.82) is 0 Å². The number of nitrogens with zero attached hydrogens (tertiary/aromatic N) is 10. The second kappa shape index (κ2) is 67.1. The average molecular weight is 1560 g/mol. The van der Waals surface area contributed by atoms with Gasteiger partial charge in [-0.25, -0.2) is 0 Å². The Balaban J connectivity index is -0.000000203. The smallest absolute Gasteiger partial charge is 0.0450 e. The van der Waals surface area contributed by atoms with Crippen molar-refractivity contribution in [2.75, 3.05) is 0 Å². The molecule has 0 amide bonds. The van der Waals surface area contributed by atoms with Crippen molar-refractivity contribution in [3.63, 3.8) is 0 Å². The van der Waals surface area contributed by atoms with Crippen LogP contribution in [0.15, 0.2) is 195 Å². The molecule has 84 heavy (non-hydrogen) atoms. The van der Waals surface area contributed by atoms with E-state index in [0.717, 1.165) is 55.0 Å². The van der Waals surface area contributed by atoms with Crippen molar-refractivity contribution in [1.82, 2.24) is 49.8 Å². The molecule has 0 aliphatic carbocycles. The third-order valence-electron chi connectivity index (χ3n) is 8.26. The van der Waals surface area contributed by atoms with Crippen molar-refractivity contribution in [3.8, 4) is 0 Å². The Morgan fingerprint density at radius 2 is 0.595 bits per heavy atom. The summed E-state index contributed by atoms with van der Waals surface area (Å²) < 4.78 is 0. The van der Waals surface area contributed by atoms with E-state index in [9.17, 15) is 0 Å². The van der Waals surface area contributed by atoms with Crippen molar-refractivity contribution < 1.29 is 196 Å². The van der Waals surface area contributed by atoms with Gasteiger partial charge >= 0.3 is 0 Å². The summed E-state index contributed by atoms with van der Waals surface area (Å²) in [6.07, 6.45) is 35.1. The molecule has 12 rings (SSSR count). The molecule has 12 aromatic rings. The quantitative estimate of drug-likeness (QED) is 0.135. The molecule has 0 bridgehead atoms. The molecule has 10 nitrogen and oxygen atoms in total. The zero-order valence-corrected chi connectivity index (χ0v) is 67.9. The molecule has 8 aromatic heterocycles. The van der Waals surface area contributed by atoms with Gasteiger partial charge in [0, 0.05) is 226 Å². The standard InChI is InChI=1S/2C9H6N.4C8H5N2.6C3H7.6Y/c2*1-2-6-9-8(4-1)5-3-7-10-9;1-3-7-8(9-5-1)4-2-6-10-7;1-3-7-4-2-6-10-8(7)9-5-1;1-2-4-8-7(3-1)5-9-6-10-8;1-2-4-8-7(3-1)9-5-6-10-8;6*1-3-2;;;;;;/h2*1-6H;4*1-5H;6*3H,1-2H3;;;;;;/q12*-1;;;;;;. The maximum Gasteiger partial charge on any atom is 0.0450 e. The van der Waals surface area contributed by atoms with Gasteiger partial charge in [0.15, 0.2) is 0 Å². The number of benzene rings is 4. The van der Waals surface area contributed by atoms with Gasteiger partial charge in [-0.2, -0.15) is 126 Å². The van der Waals surface area contributed by atoms with Crippen LogP contribution in [0.1, 0.15) is 83.1 Å². The summed E-state index contributed by atoms with van der Waals surface area (Å²) in [4.78, 5) is 40.0. The Hall–Kier alpha value is -1.88. The third kappa shape index (κ3) is 44.5. The first-order valence-electron chi connectivity index (χ1n) is 25.5. The fourth-order valence-electron chi connectivity index (χ4n) is 5.39. The van der Waals surface area contributed by atoms with Crippen LogP contribution >= 0.6 is 0 Å². The molecule has 16 heteroatoms. The summed E-state index contributed by atoms with van der Waals surface area (Å²) in [6, 6.07) is 54.2. The van der Waals surface area contributed by atoms with Crippen LogP contribution in [0.25, 0.3) is 65.8 Å². The SMILES string of the molecule is C[CH-]C.C[CH-]C.C[CH-]C.C[CH-]C.C[CH-]C.C[CH-]C.[Y].[Y].[Y].[Y].[Y].[Y].[c-]1ccc2ccccc2n1.[c-]1ccc2ccccc2n1.[c-]1ccc2cccnc2n1.[c-]1ccc2ncccc2n1.[c-]1cnc2ccccc2n1.[c-]1ncc2ccccc2n1. The van der Waals surface area contributed by atoms with E-state index in [0.29, 0.717) is 0 Å². The minimum atomic E-state index is 0. The van der Waals surface area contributed by atoms with E-state index in [1.165, 1.54) is 10.8 Å². The van der Waals surface area contributed by atoms with Gasteiger partial charge in [0.2, 0.25) is 0 Å². The predicted octanol–water partition coefficient (Wildman–Crippen LogP) is 17.2. The minimum absolute atomic E-state index is 0. The van der Waals surface area contributed by atoms with E-state index >= 15 is 0 Å². The van der Waals surface area contributed by atoms with Gasteiger partial charge in [-0.15, -0.1) is 29.1 Å². The van der Waals surface area contributed by atoms with Crippen LogP contribution in [0, 0.1) is 75.8 Å². The molecule has 0 spiro atoms. The second-order valence-corrected chi connectivity index (χ2v) is 15.7. The van der Waals surface area contributed by atoms with Gasteiger partial charge in [0.1, 0.15) is 0 Å². The van der Waals surface area contributed by atoms with Crippen molar-refractivity contribution in [2.24, 2.45) is 0 Å². The minimum Gasteiger partial charge on any atom is -0.448 e. The molecule has 4 aromatic carbocycles. The van der Waals surface area contributed by atoms with Crippen LogP contribution in [0.2, 0.25) is 0 Å². The molecule has 426 valence electrons. The molecule has 0 unspecified atom stereocenters. The Labute approximate surface area is 655 Å². The van der Waals surface area contributed by atoms with Gasteiger partial charge in [0.25, 0.3) is 0 Å². The summed E-state index contributed by atoms with van der Waals surface area (Å²) >= 11 is 0. The molecule has 8 heterocycles. The first-order chi connectivity index (χ1) is 38.3. The normalized spacial score (nSPS) is 8.43. The molecule has 0 fully saturated rings. The summed E-state index contributed by atoms with van der Waals surface area (Å²) in [5.74, 6) is 0. The zero-order valence-electron chi connectivity index (χ0n) is 50.9. The fourth-order valence-corrected chi connectivity index (χ4v) is 5.39. The van der Waals surface area contributed by atoms with Crippen molar-refractivity contribution in [3.05, 3.63) is 270 Å². The molecular formula is C68H74N10Y6-12. The molecule has 0 saturated carbocycles. The van der Waals surface area contributed by atoms with Gasteiger partial charge in [-0.3, -0.25) is 9.97 Å². The van der Waals surface area contributed by atoms with Crippen molar-refractivity contribution >= 4 is 65.8 Å². The number of aromatic nitrogens is 10. The van der Waals surface area contributed by atoms with Crippen LogP contribution in [-0.2, 0) is 196 Å². The average Bonchev–Trinajstić information content (AvgIpc) is 3.60. The Bertz CT molecular complexity index is 2350. The largest absolute Gasteiger partial charge is 0.448 e. The summed E-state index contributed by atoms with van der Waals surface area (Å²) in [5.41, 5.74) is 7.33. The number of fused-ring (bicyclic) bond motifs is 6. The molecule has 0 saturated heterocycles. The number of hydrogen-bond donors (Lipinski definition) is 0. The molecule has 0 aliphatic heterocycles. The van der Waals surface area contributed by atoms with E-state index in [2.05, 4.69) is 87.2 Å². The Kier molecular flexibility index (Phi) is 74.5. The number of pyridine rings is 6. The predicted molar refractivity (Wildman–Crippen MR) is 329 cm³/mol. The van der Waals surface area contributed by atoms with E-state index < -0.39 is 0 Å². The second-order valence-electron chi connectivity index (χ2n) is 15.7.